The van der Waals surface area contributed by atoms with Crippen molar-refractivity contribution in [3.63, 3.8) is 0 Å². The standard InChI is InChI=1S/C16H18BrClN2/c1-16(11-19,10-12-2-4-13(17)5-3-12)20-15-8-6-14(18)7-9-15/h2-9,20H,10-11,19H2,1H3. The molecule has 0 aliphatic carbocycles. The smallest absolute Gasteiger partial charge is 0.0507 e. The number of nitrogens with one attached hydrogen (secondary N) is 1. The SMILES string of the molecule is CC(CN)(Cc1ccc(Br)cc1)Nc1ccc(Cl)cc1. The van der Waals surface area contributed by atoms with E-state index in [0.29, 0.717) is 6.54 Å². The molecule has 106 valence electrons. The van der Waals surface area contributed by atoms with Crippen LogP contribution in [0.25, 0.3) is 0 Å². The summed E-state index contributed by atoms with van der Waals surface area (Å²) in [5.41, 5.74) is 8.05. The van der Waals surface area contributed by atoms with Gasteiger partial charge in [-0.1, -0.05) is 39.7 Å². The Morgan fingerprint density at radius 2 is 1.70 bits per heavy atom. The molecule has 2 aromatic carbocycles. The van der Waals surface area contributed by atoms with Crippen LogP contribution in [0.3, 0.4) is 0 Å². The van der Waals surface area contributed by atoms with Crippen LogP contribution in [-0.4, -0.2) is 12.1 Å². The van der Waals surface area contributed by atoms with Gasteiger partial charge in [0.2, 0.25) is 0 Å². The fourth-order valence-electron chi connectivity index (χ4n) is 2.10. The molecule has 0 aliphatic rings. The summed E-state index contributed by atoms with van der Waals surface area (Å²) in [6, 6.07) is 16.0. The highest BCUT2D eigenvalue weighted by Gasteiger charge is 2.22. The lowest BCUT2D eigenvalue weighted by atomic mass is 9.92. The predicted molar refractivity (Wildman–Crippen MR) is 90.4 cm³/mol. The molecule has 2 aromatic rings. The zero-order chi connectivity index (χ0) is 14.6. The minimum Gasteiger partial charge on any atom is -0.378 e. The van der Waals surface area contributed by atoms with Gasteiger partial charge in [0.1, 0.15) is 0 Å². The van der Waals surface area contributed by atoms with Crippen molar-refractivity contribution in [3.8, 4) is 0 Å². The Morgan fingerprint density at radius 1 is 1.10 bits per heavy atom. The maximum Gasteiger partial charge on any atom is 0.0507 e. The van der Waals surface area contributed by atoms with E-state index >= 15 is 0 Å². The summed E-state index contributed by atoms with van der Waals surface area (Å²) in [6.45, 7) is 2.68. The van der Waals surface area contributed by atoms with Crippen LogP contribution in [0.4, 0.5) is 5.69 Å². The number of anilines is 1. The molecule has 1 atom stereocenters. The maximum absolute atomic E-state index is 5.96. The highest BCUT2D eigenvalue weighted by atomic mass is 79.9. The molecule has 0 amide bonds. The van der Waals surface area contributed by atoms with Crippen molar-refractivity contribution in [1.82, 2.24) is 0 Å². The van der Waals surface area contributed by atoms with Crippen LogP contribution in [0.1, 0.15) is 12.5 Å². The van der Waals surface area contributed by atoms with Gasteiger partial charge < -0.3 is 11.1 Å². The number of halogens is 2. The third kappa shape index (κ3) is 4.23. The van der Waals surface area contributed by atoms with Crippen molar-refractivity contribution >= 4 is 33.2 Å². The molecule has 0 fully saturated rings. The van der Waals surface area contributed by atoms with Gasteiger partial charge in [0.25, 0.3) is 0 Å². The Kier molecular flexibility index (Phi) is 5.08. The predicted octanol–water partition coefficient (Wildman–Crippen LogP) is 4.47. The van der Waals surface area contributed by atoms with Gasteiger partial charge in [0, 0.05) is 21.7 Å². The number of rotatable bonds is 5. The van der Waals surface area contributed by atoms with Gasteiger partial charge in [-0.05, 0) is 55.3 Å². The van der Waals surface area contributed by atoms with Crippen molar-refractivity contribution < 1.29 is 0 Å². The van der Waals surface area contributed by atoms with Gasteiger partial charge in [-0.15, -0.1) is 0 Å². The van der Waals surface area contributed by atoms with Crippen LogP contribution in [0.15, 0.2) is 53.0 Å². The highest BCUT2D eigenvalue weighted by molar-refractivity contribution is 9.10. The van der Waals surface area contributed by atoms with E-state index in [1.54, 1.807) is 0 Å². The van der Waals surface area contributed by atoms with Crippen LogP contribution in [0, 0.1) is 0 Å². The maximum atomic E-state index is 5.96. The third-order valence-corrected chi connectivity index (χ3v) is 4.03. The summed E-state index contributed by atoms with van der Waals surface area (Å²) >= 11 is 9.35. The number of hydrogen-bond acceptors (Lipinski definition) is 2. The highest BCUT2D eigenvalue weighted by Crippen LogP contribution is 2.22. The Hall–Kier alpha value is -1.03. The van der Waals surface area contributed by atoms with Crippen LogP contribution in [-0.2, 0) is 6.42 Å². The second-order valence-corrected chi connectivity index (χ2v) is 6.55. The Bertz CT molecular complexity index is 504. The van der Waals surface area contributed by atoms with Crippen molar-refractivity contribution in [2.45, 2.75) is 18.9 Å². The van der Waals surface area contributed by atoms with E-state index in [0.717, 1.165) is 21.6 Å². The fraction of sp³-hybridized carbons (Fsp3) is 0.250. The van der Waals surface area contributed by atoms with Crippen molar-refractivity contribution in [3.05, 3.63) is 63.6 Å². The topological polar surface area (TPSA) is 38.0 Å². The second-order valence-electron chi connectivity index (χ2n) is 5.20. The van der Waals surface area contributed by atoms with E-state index in [2.05, 4.69) is 52.4 Å². The molecule has 20 heavy (non-hydrogen) atoms. The molecule has 1 unspecified atom stereocenters. The summed E-state index contributed by atoms with van der Waals surface area (Å²) in [5, 5.41) is 4.23. The summed E-state index contributed by atoms with van der Waals surface area (Å²) in [6.07, 6.45) is 0.861. The molecule has 0 aromatic heterocycles. The zero-order valence-corrected chi connectivity index (χ0v) is 13.7. The third-order valence-electron chi connectivity index (χ3n) is 3.25. The molecule has 0 radical (unpaired) electrons. The lowest BCUT2D eigenvalue weighted by Gasteiger charge is -2.31. The monoisotopic (exact) mass is 352 g/mol. The van der Waals surface area contributed by atoms with Crippen molar-refractivity contribution in [2.24, 2.45) is 5.73 Å². The van der Waals surface area contributed by atoms with Gasteiger partial charge >= 0.3 is 0 Å². The van der Waals surface area contributed by atoms with E-state index in [-0.39, 0.29) is 5.54 Å². The molecule has 0 aliphatic heterocycles. The summed E-state index contributed by atoms with van der Waals surface area (Å²) < 4.78 is 1.08. The zero-order valence-electron chi connectivity index (χ0n) is 11.4. The summed E-state index contributed by atoms with van der Waals surface area (Å²) in [4.78, 5) is 0. The Morgan fingerprint density at radius 3 is 2.25 bits per heavy atom. The molecule has 2 nitrogen and oxygen atoms in total. The Balaban J connectivity index is 2.12. The average Bonchev–Trinajstić information content (AvgIpc) is 2.44. The normalized spacial score (nSPS) is 13.8. The molecule has 4 heteroatoms. The molecule has 0 saturated heterocycles. The molecular formula is C16H18BrClN2. The number of nitrogens with two attached hydrogens (primary N) is 1. The lowest BCUT2D eigenvalue weighted by molar-refractivity contribution is 0.521. The van der Waals surface area contributed by atoms with Gasteiger partial charge in [-0.3, -0.25) is 0 Å². The van der Waals surface area contributed by atoms with Crippen LogP contribution in [0.5, 0.6) is 0 Å². The molecule has 0 saturated carbocycles. The molecule has 0 spiro atoms. The molecule has 0 bridgehead atoms. The molecule has 3 N–H and O–H groups in total. The van der Waals surface area contributed by atoms with E-state index in [1.165, 1.54) is 5.56 Å². The van der Waals surface area contributed by atoms with Crippen LogP contribution < -0.4 is 11.1 Å². The van der Waals surface area contributed by atoms with Gasteiger partial charge in [-0.2, -0.15) is 0 Å². The average molecular weight is 354 g/mol. The van der Waals surface area contributed by atoms with Crippen molar-refractivity contribution in [2.75, 3.05) is 11.9 Å². The lowest BCUT2D eigenvalue weighted by Crippen LogP contribution is -2.44. The first-order chi connectivity index (χ1) is 9.50. The van der Waals surface area contributed by atoms with E-state index < -0.39 is 0 Å². The number of benzene rings is 2. The quantitative estimate of drug-likeness (QED) is 0.832. The largest absolute Gasteiger partial charge is 0.378 e. The first-order valence-electron chi connectivity index (χ1n) is 6.49. The first-order valence-corrected chi connectivity index (χ1v) is 7.66. The van der Waals surface area contributed by atoms with Crippen molar-refractivity contribution in [1.29, 1.82) is 0 Å². The van der Waals surface area contributed by atoms with Gasteiger partial charge in [-0.25, -0.2) is 0 Å². The van der Waals surface area contributed by atoms with Crippen LogP contribution >= 0.6 is 27.5 Å². The first kappa shape index (κ1) is 15.4. The minimum absolute atomic E-state index is 0.193. The molecular weight excluding hydrogens is 336 g/mol. The summed E-state index contributed by atoms with van der Waals surface area (Å²) in [5.74, 6) is 0. The van der Waals surface area contributed by atoms with E-state index in [9.17, 15) is 0 Å². The molecule has 0 heterocycles. The fourth-order valence-corrected chi connectivity index (χ4v) is 2.49. The van der Waals surface area contributed by atoms with E-state index in [1.807, 2.05) is 24.3 Å². The second kappa shape index (κ2) is 6.61. The minimum atomic E-state index is -0.193. The number of hydrogen-bond donors (Lipinski definition) is 2. The Labute approximate surface area is 133 Å². The van der Waals surface area contributed by atoms with Gasteiger partial charge in [0.05, 0.1) is 5.54 Å². The molecule has 2 rings (SSSR count). The summed E-state index contributed by atoms with van der Waals surface area (Å²) in [7, 11) is 0. The van der Waals surface area contributed by atoms with E-state index in [4.69, 9.17) is 17.3 Å². The van der Waals surface area contributed by atoms with Crippen LogP contribution in [0.2, 0.25) is 5.02 Å². The van der Waals surface area contributed by atoms with Gasteiger partial charge in [0.15, 0.2) is 0 Å².